The van der Waals surface area contributed by atoms with Gasteiger partial charge in [-0.15, -0.1) is 6.58 Å². The van der Waals surface area contributed by atoms with Gasteiger partial charge in [-0.3, -0.25) is 14.9 Å². The van der Waals surface area contributed by atoms with E-state index in [1.807, 2.05) is 44.2 Å². The van der Waals surface area contributed by atoms with Crippen molar-refractivity contribution in [3.8, 4) is 11.5 Å². The first-order valence-electron chi connectivity index (χ1n) is 12.2. The minimum absolute atomic E-state index is 0.172. The number of urea groups is 1. The third-order valence-electron chi connectivity index (χ3n) is 5.93. The average Bonchev–Trinajstić information content (AvgIpc) is 2.89. The Bertz CT molecular complexity index is 1480. The number of carbonyl (C=O) groups excluding carboxylic acids is 3. The van der Waals surface area contributed by atoms with Gasteiger partial charge in [0.25, 0.3) is 11.8 Å². The van der Waals surface area contributed by atoms with E-state index in [0.717, 1.165) is 29.6 Å². The number of halogens is 2. The van der Waals surface area contributed by atoms with Crippen molar-refractivity contribution in [2.24, 2.45) is 0 Å². The molecular formula is C30H26BrIN2O5. The fourth-order valence-electron chi connectivity index (χ4n) is 4.06. The number of anilines is 1. The molecule has 4 rings (SSSR count). The van der Waals surface area contributed by atoms with Crippen LogP contribution in [0, 0.1) is 10.5 Å². The molecule has 1 saturated heterocycles. The number of barbiturate groups is 1. The van der Waals surface area contributed by atoms with Gasteiger partial charge in [-0.25, -0.2) is 9.69 Å². The van der Waals surface area contributed by atoms with Gasteiger partial charge in [-0.2, -0.15) is 0 Å². The fraction of sp³-hybridized carbons (Fsp3) is 0.167. The van der Waals surface area contributed by atoms with E-state index in [1.165, 1.54) is 6.08 Å². The summed E-state index contributed by atoms with van der Waals surface area (Å²) in [6, 6.07) is 15.9. The van der Waals surface area contributed by atoms with Crippen molar-refractivity contribution in [3.63, 3.8) is 0 Å². The van der Waals surface area contributed by atoms with Crippen LogP contribution in [0.1, 0.15) is 29.2 Å². The molecule has 1 heterocycles. The summed E-state index contributed by atoms with van der Waals surface area (Å²) in [6.07, 6.45) is 3.68. The molecule has 1 fully saturated rings. The fourth-order valence-corrected chi connectivity index (χ4v) is 4.67. The molecule has 0 aliphatic carbocycles. The summed E-state index contributed by atoms with van der Waals surface area (Å²) in [5.74, 6) is -0.432. The Morgan fingerprint density at radius 1 is 1.05 bits per heavy atom. The molecule has 1 aliphatic rings. The van der Waals surface area contributed by atoms with Crippen molar-refractivity contribution in [2.45, 2.75) is 26.9 Å². The molecule has 1 N–H and O–H groups in total. The maximum Gasteiger partial charge on any atom is 0.335 e. The largest absolute Gasteiger partial charge is 0.490 e. The Balaban J connectivity index is 1.72. The van der Waals surface area contributed by atoms with E-state index in [1.54, 1.807) is 30.3 Å². The van der Waals surface area contributed by atoms with Crippen molar-refractivity contribution in [3.05, 3.63) is 103 Å². The predicted molar refractivity (Wildman–Crippen MR) is 163 cm³/mol. The van der Waals surface area contributed by atoms with Gasteiger partial charge in [0.1, 0.15) is 12.2 Å². The number of rotatable bonds is 9. The van der Waals surface area contributed by atoms with Gasteiger partial charge in [0.15, 0.2) is 11.5 Å². The second-order valence-corrected chi connectivity index (χ2v) is 10.8. The summed E-state index contributed by atoms with van der Waals surface area (Å²) >= 11 is 5.67. The van der Waals surface area contributed by atoms with Crippen LogP contribution in [0.25, 0.3) is 6.08 Å². The van der Waals surface area contributed by atoms with Gasteiger partial charge < -0.3 is 9.47 Å². The zero-order chi connectivity index (χ0) is 28.1. The van der Waals surface area contributed by atoms with Crippen LogP contribution < -0.4 is 19.7 Å². The van der Waals surface area contributed by atoms with Crippen LogP contribution in [0.2, 0.25) is 0 Å². The lowest BCUT2D eigenvalue weighted by molar-refractivity contribution is -0.122. The number of aryl methyl sites for hydroxylation is 1. The molecule has 3 aromatic carbocycles. The molecule has 0 radical (unpaired) electrons. The van der Waals surface area contributed by atoms with Crippen LogP contribution in [-0.4, -0.2) is 24.5 Å². The van der Waals surface area contributed by atoms with Gasteiger partial charge in [0.2, 0.25) is 0 Å². The first-order valence-corrected chi connectivity index (χ1v) is 14.0. The minimum atomic E-state index is -0.800. The molecule has 0 saturated carbocycles. The first-order chi connectivity index (χ1) is 18.7. The van der Waals surface area contributed by atoms with Crippen molar-refractivity contribution < 1.29 is 23.9 Å². The van der Waals surface area contributed by atoms with Crippen molar-refractivity contribution in [1.82, 2.24) is 5.32 Å². The molecule has 0 spiro atoms. The number of nitrogens with zero attached hydrogens (tertiary/aromatic N) is 1. The molecule has 0 bridgehead atoms. The summed E-state index contributed by atoms with van der Waals surface area (Å²) in [6.45, 7) is 8.29. The average molecular weight is 701 g/mol. The highest BCUT2D eigenvalue weighted by Gasteiger charge is 2.37. The van der Waals surface area contributed by atoms with E-state index < -0.39 is 17.8 Å². The van der Waals surface area contributed by atoms with Crippen molar-refractivity contribution in [1.29, 1.82) is 0 Å². The minimum Gasteiger partial charge on any atom is -0.490 e. The van der Waals surface area contributed by atoms with Crippen LogP contribution >= 0.6 is 38.5 Å². The molecule has 9 heteroatoms. The summed E-state index contributed by atoms with van der Waals surface area (Å²) in [5, 5.41) is 2.27. The number of carbonyl (C=O) groups is 3. The van der Waals surface area contributed by atoms with Crippen LogP contribution in [0.15, 0.2) is 77.3 Å². The van der Waals surface area contributed by atoms with E-state index >= 15 is 0 Å². The molecule has 1 aliphatic heterocycles. The lowest BCUT2D eigenvalue weighted by Gasteiger charge is -2.27. The van der Waals surface area contributed by atoms with Crippen molar-refractivity contribution in [2.75, 3.05) is 11.5 Å². The number of allylic oxidation sites excluding steroid dienone is 1. The van der Waals surface area contributed by atoms with Crippen LogP contribution in [0.5, 0.6) is 11.5 Å². The smallest absolute Gasteiger partial charge is 0.335 e. The standard InChI is InChI=1S/C30H26BrIN2O5/c1-4-6-21-14-20(16-26(38-5-2)27(21)39-17-19-7-9-22(32)10-8-19)15-24-28(35)33-30(37)34(29(24)36)23-11-12-25(31)18(3)13-23/h4,7-16H,1,5-6,17H2,2-3H3,(H,33,35,37)/b24-15+. The summed E-state index contributed by atoms with van der Waals surface area (Å²) in [4.78, 5) is 39.8. The van der Waals surface area contributed by atoms with E-state index in [2.05, 4.69) is 50.4 Å². The summed E-state index contributed by atoms with van der Waals surface area (Å²) in [5.41, 5.74) is 3.37. The highest BCUT2D eigenvalue weighted by atomic mass is 127. The lowest BCUT2D eigenvalue weighted by Crippen LogP contribution is -2.54. The predicted octanol–water partition coefficient (Wildman–Crippen LogP) is 6.73. The van der Waals surface area contributed by atoms with Crippen molar-refractivity contribution >= 4 is 68.1 Å². The van der Waals surface area contributed by atoms with Gasteiger partial charge >= 0.3 is 6.03 Å². The monoisotopic (exact) mass is 700 g/mol. The van der Waals surface area contributed by atoms with Crippen LogP contribution in [0.3, 0.4) is 0 Å². The third-order valence-corrected chi connectivity index (χ3v) is 7.54. The maximum atomic E-state index is 13.4. The SMILES string of the molecule is C=CCc1cc(/C=C2\C(=O)NC(=O)N(c3ccc(Br)c(C)c3)C2=O)cc(OCC)c1OCc1ccc(I)cc1. The number of ether oxygens (including phenoxy) is 2. The molecular weight excluding hydrogens is 675 g/mol. The second-order valence-electron chi connectivity index (χ2n) is 8.74. The highest BCUT2D eigenvalue weighted by Crippen LogP contribution is 2.36. The molecule has 200 valence electrons. The zero-order valence-electron chi connectivity index (χ0n) is 21.4. The number of nitrogens with one attached hydrogen (secondary N) is 1. The maximum absolute atomic E-state index is 13.4. The number of amides is 4. The quantitative estimate of drug-likeness (QED) is 0.116. The Kier molecular flexibility index (Phi) is 9.24. The second kappa shape index (κ2) is 12.6. The number of hydrogen-bond donors (Lipinski definition) is 1. The molecule has 3 aromatic rings. The van der Waals surface area contributed by atoms with Gasteiger partial charge in [0.05, 0.1) is 12.3 Å². The molecule has 0 atom stereocenters. The molecule has 7 nitrogen and oxygen atoms in total. The molecule has 39 heavy (non-hydrogen) atoms. The summed E-state index contributed by atoms with van der Waals surface area (Å²) < 4.78 is 14.1. The summed E-state index contributed by atoms with van der Waals surface area (Å²) in [7, 11) is 0. The Morgan fingerprint density at radius 2 is 1.79 bits per heavy atom. The van der Waals surface area contributed by atoms with Crippen LogP contribution in [-0.2, 0) is 22.6 Å². The van der Waals surface area contributed by atoms with Gasteiger partial charge in [0, 0.05) is 13.6 Å². The topological polar surface area (TPSA) is 84.9 Å². The molecule has 0 aromatic heterocycles. The molecule has 4 amide bonds. The van der Waals surface area contributed by atoms with E-state index in [4.69, 9.17) is 9.47 Å². The van der Waals surface area contributed by atoms with Crippen LogP contribution in [0.4, 0.5) is 10.5 Å². The number of benzene rings is 3. The highest BCUT2D eigenvalue weighted by molar-refractivity contribution is 14.1. The van der Waals surface area contributed by atoms with E-state index in [0.29, 0.717) is 42.4 Å². The Morgan fingerprint density at radius 3 is 2.46 bits per heavy atom. The number of imide groups is 2. The Labute approximate surface area is 249 Å². The zero-order valence-corrected chi connectivity index (χ0v) is 25.2. The van der Waals surface area contributed by atoms with E-state index in [-0.39, 0.29) is 5.57 Å². The Hall–Kier alpha value is -3.44. The third kappa shape index (κ3) is 6.59. The van der Waals surface area contributed by atoms with E-state index in [9.17, 15) is 14.4 Å². The lowest BCUT2D eigenvalue weighted by atomic mass is 10.0. The first kappa shape index (κ1) is 28.6. The number of hydrogen-bond acceptors (Lipinski definition) is 5. The van der Waals surface area contributed by atoms with Gasteiger partial charge in [-0.1, -0.05) is 34.1 Å². The van der Waals surface area contributed by atoms with Gasteiger partial charge in [-0.05, 0) is 108 Å². The normalized spacial score (nSPS) is 14.4. The molecule has 0 unspecified atom stereocenters.